The molecule has 0 amide bonds. The van der Waals surface area contributed by atoms with Crippen LogP contribution in [0.3, 0.4) is 0 Å². The van der Waals surface area contributed by atoms with Crippen molar-refractivity contribution >= 4 is 85.6 Å². The molecule has 2 aliphatic heterocycles. The Balaban J connectivity index is 0.000000280. The van der Waals surface area contributed by atoms with Crippen molar-refractivity contribution in [3.05, 3.63) is 191 Å². The molecule has 5 aromatic carbocycles. The van der Waals surface area contributed by atoms with Gasteiger partial charge < -0.3 is 79.1 Å². The Bertz CT molecular complexity index is 3950. The fraction of sp³-hybridized carbons (Fsp3) is 0.277. The van der Waals surface area contributed by atoms with Crippen LogP contribution in [-0.2, 0) is 94.1 Å². The minimum Gasteiger partial charge on any atom is -0.481 e. The van der Waals surface area contributed by atoms with Crippen LogP contribution < -0.4 is 0 Å². The number of para-hydroxylation sites is 3. The van der Waals surface area contributed by atoms with Crippen LogP contribution in [0.1, 0.15) is 59.2 Å². The predicted molar refractivity (Wildman–Crippen MR) is 314 cm³/mol. The van der Waals surface area contributed by atoms with E-state index in [0.717, 1.165) is 61.4 Å². The Morgan fingerprint density at radius 3 is 1.30 bits per heavy atom. The first-order chi connectivity index (χ1) is 41.9. The van der Waals surface area contributed by atoms with Gasteiger partial charge in [0.2, 0.25) is 12.4 Å². The number of H-pyrrole nitrogens is 3. The molecule has 0 spiro atoms. The van der Waals surface area contributed by atoms with Gasteiger partial charge in [-0.3, -0.25) is 24.0 Å². The van der Waals surface area contributed by atoms with E-state index in [1.54, 1.807) is 18.6 Å². The van der Waals surface area contributed by atoms with Crippen molar-refractivity contribution in [1.82, 2.24) is 15.0 Å². The summed E-state index contributed by atoms with van der Waals surface area (Å²) in [7, 11) is 0. The van der Waals surface area contributed by atoms with Gasteiger partial charge in [0.15, 0.2) is 30.7 Å². The lowest BCUT2D eigenvalue weighted by molar-refractivity contribution is -0.294. The zero-order valence-electron chi connectivity index (χ0n) is 46.1. The molecule has 3 aromatic heterocycles. The number of ether oxygens (including phenoxy) is 6. The molecule has 10 atom stereocenters. The molecule has 5 heterocycles. The first-order valence-corrected chi connectivity index (χ1v) is 27.6. The highest BCUT2D eigenvalue weighted by atomic mass is 16.7. The number of aromatic amines is 3. The molecule has 2 saturated heterocycles. The number of benzene rings is 5. The summed E-state index contributed by atoms with van der Waals surface area (Å²) in [6.45, 7) is 0. The summed E-state index contributed by atoms with van der Waals surface area (Å²) >= 11 is 0. The summed E-state index contributed by atoms with van der Waals surface area (Å²) in [5.74, 6) is -7.31. The van der Waals surface area contributed by atoms with Gasteiger partial charge in [-0.1, -0.05) is 123 Å². The largest absolute Gasteiger partial charge is 0.481 e. The molecule has 0 saturated carbocycles. The summed E-state index contributed by atoms with van der Waals surface area (Å²) in [4.78, 5) is 98.8. The van der Waals surface area contributed by atoms with Gasteiger partial charge in [-0.05, 0) is 81.1 Å². The zero-order valence-corrected chi connectivity index (χ0v) is 46.1. The van der Waals surface area contributed by atoms with Gasteiger partial charge in [0.1, 0.15) is 18.3 Å². The third kappa shape index (κ3) is 14.2. The van der Waals surface area contributed by atoms with Crippen LogP contribution in [0.2, 0.25) is 0 Å². The van der Waals surface area contributed by atoms with Crippen molar-refractivity contribution in [3.63, 3.8) is 0 Å². The number of esters is 4. The van der Waals surface area contributed by atoms with Crippen LogP contribution in [0.25, 0.3) is 43.9 Å². The number of carbonyl (C=O) groups is 7. The Kier molecular flexibility index (Phi) is 19.8. The summed E-state index contributed by atoms with van der Waals surface area (Å²) in [5.41, 5.74) is 9.86. The minimum atomic E-state index is -2.03. The van der Waals surface area contributed by atoms with Crippen LogP contribution in [-0.4, -0.2) is 154 Å². The fourth-order valence-corrected chi connectivity index (χ4v) is 11.0. The first kappa shape index (κ1) is 62.8. The minimum absolute atomic E-state index is 0. The maximum atomic E-state index is 14.0. The van der Waals surface area contributed by atoms with E-state index < -0.39 is 103 Å². The molecule has 2 fully saturated rings. The molecule has 10 N–H and O–H groups in total. The fourth-order valence-electron chi connectivity index (χ4n) is 11.0. The van der Waals surface area contributed by atoms with Crippen LogP contribution in [0.5, 0.6) is 0 Å². The lowest BCUT2D eigenvalue weighted by Gasteiger charge is -2.42. The van der Waals surface area contributed by atoms with E-state index in [2.05, 4.69) is 19.7 Å². The second-order valence-electron chi connectivity index (χ2n) is 20.9. The van der Waals surface area contributed by atoms with E-state index >= 15 is 0 Å². The van der Waals surface area contributed by atoms with Gasteiger partial charge in [-0.25, -0.2) is 9.59 Å². The van der Waals surface area contributed by atoms with Crippen LogP contribution in [0.15, 0.2) is 152 Å². The number of nitrogens with one attached hydrogen (secondary N) is 3. The number of hydrogen-bond acceptors (Lipinski definition) is 17. The number of fused-ring (bicyclic) bond motifs is 5. The Morgan fingerprint density at radius 1 is 0.432 bits per heavy atom. The highest BCUT2D eigenvalue weighted by molar-refractivity contribution is 5.91. The highest BCUT2D eigenvalue weighted by Crippen LogP contribution is 2.35. The van der Waals surface area contributed by atoms with E-state index in [9.17, 15) is 38.7 Å². The van der Waals surface area contributed by atoms with E-state index in [-0.39, 0.29) is 39.5 Å². The normalized spacial score (nSPS) is 22.4. The molecule has 4 aliphatic rings. The van der Waals surface area contributed by atoms with Gasteiger partial charge in [-0.2, -0.15) is 0 Å². The number of aliphatic hydroxyl groups is 4. The lowest BCUT2D eigenvalue weighted by Crippen LogP contribution is -2.64. The molecule has 458 valence electrons. The van der Waals surface area contributed by atoms with E-state index in [0.29, 0.717) is 28.7 Å². The van der Waals surface area contributed by atoms with Crippen molar-refractivity contribution in [3.8, 4) is 0 Å². The molecular formula is C65H63N3O20. The quantitative estimate of drug-likeness (QED) is 0.0398. The molecule has 0 unspecified atom stereocenters. The summed E-state index contributed by atoms with van der Waals surface area (Å²) in [5, 5.41) is 65.9. The Hall–Kier alpha value is -9.75. The van der Waals surface area contributed by atoms with Crippen molar-refractivity contribution in [2.45, 2.75) is 114 Å². The Labute approximate surface area is 501 Å². The summed E-state index contributed by atoms with van der Waals surface area (Å²) in [6.07, 6.45) is -8.82. The molecule has 12 rings (SSSR count). The third-order valence-corrected chi connectivity index (χ3v) is 15.2. The summed E-state index contributed by atoms with van der Waals surface area (Å²) < 4.78 is 34.1. The maximum absolute atomic E-state index is 14.0. The van der Waals surface area contributed by atoms with Crippen molar-refractivity contribution < 1.29 is 97.7 Å². The number of carboxylic acids is 3. The van der Waals surface area contributed by atoms with Crippen molar-refractivity contribution in [1.29, 1.82) is 0 Å². The lowest BCUT2D eigenvalue weighted by atomic mass is 9.97. The standard InChI is InChI=1S/C47H39N3O11.C11H10O2.C6H10O7.CH4/c51-38(19-27-18-17-26-9-1-2-10-31(26)27)57-42-43(58-39(52)20-28-23-48-35-14-6-3-11-32(28)35)45(59-40(53)21-29-24-49-36-15-7-4-12-33(29)36)47(61-44(42)46(55)56)60-41(54)22-30-25-50-37-16-8-5-13-34(30)37;12-11(13)7-9-6-5-8-3-1-2-4-10(8)9;7-1-2(8)4(5(10)11)13-6(12)3(1)9;/h1-16,18,23-25,42-45,47-50H,17,19-22H2,(H,55,56);1-4,6H,5,7H2,(H,12,13);1-4,6-9,12H,(H,10,11);1H4/t42-,43-,44-,45+,47-;;1-,2-,3+,4-,6-;/m0.0./s1. The zero-order chi connectivity index (χ0) is 61.5. The number of carboxylic acid groups (broad SMARTS) is 3. The van der Waals surface area contributed by atoms with Gasteiger partial charge >= 0.3 is 41.8 Å². The average Bonchev–Trinajstić information content (AvgIpc) is 1.93. The van der Waals surface area contributed by atoms with Gasteiger partial charge in [0.05, 0.1) is 32.1 Å². The molecule has 23 heteroatoms. The molecule has 8 aromatic rings. The van der Waals surface area contributed by atoms with E-state index in [1.165, 1.54) is 5.56 Å². The highest BCUT2D eigenvalue weighted by Gasteiger charge is 2.56. The molecule has 0 radical (unpaired) electrons. The molecule has 2 aliphatic carbocycles. The topological polar surface area (TPSA) is 364 Å². The van der Waals surface area contributed by atoms with E-state index in [4.69, 9.17) is 54.3 Å². The number of carbonyl (C=O) groups excluding carboxylic acids is 4. The monoisotopic (exact) mass is 1210 g/mol. The second-order valence-corrected chi connectivity index (χ2v) is 20.9. The van der Waals surface area contributed by atoms with E-state index in [1.807, 2.05) is 133 Å². The van der Waals surface area contributed by atoms with Gasteiger partial charge in [0.25, 0.3) is 0 Å². The number of rotatable bonds is 16. The third-order valence-electron chi connectivity index (χ3n) is 15.2. The van der Waals surface area contributed by atoms with Crippen LogP contribution in [0.4, 0.5) is 0 Å². The van der Waals surface area contributed by atoms with Crippen molar-refractivity contribution in [2.24, 2.45) is 0 Å². The second kappa shape index (κ2) is 27.7. The SMILES string of the molecule is C.O=C(Cc1c[nH]c2ccccc12)O[C@H]1O[C@H](C(=O)O)[C@@H](OC(=O)CC2=CCc3ccccc32)[C@H](OC(=O)Cc2c[nH]c3ccccc23)[C@H]1OC(=O)Cc1c[nH]c2ccccc12.O=C(O)CC1=CCc2ccccc21.O=C(O)[C@H]1O[C@H](O)[C@H](O)[C@@H](O)[C@@H]1O. The van der Waals surface area contributed by atoms with Crippen LogP contribution in [0, 0.1) is 0 Å². The van der Waals surface area contributed by atoms with Crippen molar-refractivity contribution in [2.75, 3.05) is 0 Å². The number of aromatic nitrogens is 3. The predicted octanol–water partition coefficient (Wildman–Crippen LogP) is 5.88. The van der Waals surface area contributed by atoms with Crippen LogP contribution >= 0.6 is 0 Å². The Morgan fingerprint density at radius 2 is 0.830 bits per heavy atom. The number of hydrogen-bond donors (Lipinski definition) is 10. The van der Waals surface area contributed by atoms with Gasteiger partial charge in [-0.15, -0.1) is 0 Å². The first-order valence-electron chi connectivity index (χ1n) is 27.6. The van der Waals surface area contributed by atoms with Gasteiger partial charge in [0, 0.05) is 51.3 Å². The smallest absolute Gasteiger partial charge is 0.337 e. The number of aliphatic carboxylic acids is 3. The molecular weight excluding hydrogens is 1140 g/mol. The number of allylic oxidation sites excluding steroid dienone is 2. The molecule has 88 heavy (non-hydrogen) atoms. The number of aliphatic hydroxyl groups excluding tert-OH is 4. The molecule has 23 nitrogen and oxygen atoms in total. The average molecular weight is 1210 g/mol. The summed E-state index contributed by atoms with van der Waals surface area (Å²) in [6, 6.07) is 37.5. The molecule has 0 bridgehead atoms. The maximum Gasteiger partial charge on any atom is 0.337 e.